The van der Waals surface area contributed by atoms with E-state index in [1.54, 1.807) is 12.1 Å². The van der Waals surface area contributed by atoms with Crippen LogP contribution in [-0.4, -0.2) is 26.1 Å². The predicted molar refractivity (Wildman–Crippen MR) is 96.3 cm³/mol. The third-order valence-electron chi connectivity index (χ3n) is 3.39. The molecule has 0 saturated carbocycles. The van der Waals surface area contributed by atoms with Gasteiger partial charge in [0, 0.05) is 11.4 Å². The number of rotatable bonds is 7. The smallest absolute Gasteiger partial charge is 0.238 e. The SMILES string of the molecule is CC(Sc1ccccc1)C(=O)NCCc1ccc(S(N)(=O)=O)cc1. The van der Waals surface area contributed by atoms with Crippen molar-refractivity contribution in [1.82, 2.24) is 5.32 Å². The molecule has 5 nitrogen and oxygen atoms in total. The van der Waals surface area contributed by atoms with Crippen LogP contribution in [0.1, 0.15) is 12.5 Å². The molecule has 2 rings (SSSR count). The van der Waals surface area contributed by atoms with Gasteiger partial charge in [-0.2, -0.15) is 0 Å². The number of carbonyl (C=O) groups excluding carboxylic acids is 1. The summed E-state index contributed by atoms with van der Waals surface area (Å²) >= 11 is 1.51. The maximum Gasteiger partial charge on any atom is 0.238 e. The Morgan fingerprint density at radius 1 is 1.12 bits per heavy atom. The van der Waals surface area contributed by atoms with Crippen LogP contribution in [0, 0.1) is 0 Å². The van der Waals surface area contributed by atoms with Crippen LogP contribution >= 0.6 is 11.8 Å². The van der Waals surface area contributed by atoms with E-state index in [9.17, 15) is 13.2 Å². The topological polar surface area (TPSA) is 89.3 Å². The second-order valence-electron chi connectivity index (χ2n) is 5.30. The van der Waals surface area contributed by atoms with Gasteiger partial charge in [-0.05, 0) is 43.2 Å². The summed E-state index contributed by atoms with van der Waals surface area (Å²) in [5.41, 5.74) is 0.936. The van der Waals surface area contributed by atoms with Gasteiger partial charge in [0.05, 0.1) is 10.1 Å². The molecule has 2 aromatic carbocycles. The molecule has 1 unspecified atom stereocenters. The lowest BCUT2D eigenvalue weighted by atomic mass is 10.1. The summed E-state index contributed by atoms with van der Waals surface area (Å²) in [6, 6.07) is 16.1. The molecule has 2 aromatic rings. The Bertz CT molecular complexity index is 775. The zero-order valence-corrected chi connectivity index (χ0v) is 14.9. The molecule has 0 aliphatic rings. The summed E-state index contributed by atoms with van der Waals surface area (Å²) in [5, 5.41) is 7.77. The van der Waals surface area contributed by atoms with Crippen LogP contribution in [0.25, 0.3) is 0 Å². The van der Waals surface area contributed by atoms with Crippen LogP contribution < -0.4 is 10.5 Å². The van der Waals surface area contributed by atoms with Gasteiger partial charge < -0.3 is 5.32 Å². The highest BCUT2D eigenvalue weighted by atomic mass is 32.2. The van der Waals surface area contributed by atoms with Crippen LogP contribution in [0.4, 0.5) is 0 Å². The first kappa shape index (κ1) is 18.5. The summed E-state index contributed by atoms with van der Waals surface area (Å²) in [7, 11) is -3.67. The van der Waals surface area contributed by atoms with Gasteiger partial charge in [-0.15, -0.1) is 11.8 Å². The fourth-order valence-electron chi connectivity index (χ4n) is 2.08. The molecular weight excluding hydrogens is 344 g/mol. The van der Waals surface area contributed by atoms with E-state index in [2.05, 4.69) is 5.32 Å². The third kappa shape index (κ3) is 5.67. The van der Waals surface area contributed by atoms with Crippen molar-refractivity contribution in [2.75, 3.05) is 6.54 Å². The molecule has 0 heterocycles. The molecule has 1 amide bonds. The molecule has 0 aliphatic carbocycles. The lowest BCUT2D eigenvalue weighted by Gasteiger charge is -2.12. The average molecular weight is 364 g/mol. The molecular formula is C17H20N2O3S2. The lowest BCUT2D eigenvalue weighted by Crippen LogP contribution is -2.32. The first-order valence-corrected chi connectivity index (χ1v) is 9.90. The van der Waals surface area contributed by atoms with Gasteiger partial charge in [0.25, 0.3) is 0 Å². The number of hydrogen-bond acceptors (Lipinski definition) is 4. The molecule has 0 radical (unpaired) electrons. The largest absolute Gasteiger partial charge is 0.355 e. The minimum absolute atomic E-state index is 0.0231. The fourth-order valence-corrected chi connectivity index (χ4v) is 3.50. The Balaban J connectivity index is 1.80. The molecule has 7 heteroatoms. The normalized spacial score (nSPS) is 12.6. The van der Waals surface area contributed by atoms with E-state index in [1.807, 2.05) is 37.3 Å². The second-order valence-corrected chi connectivity index (χ2v) is 8.28. The number of nitrogens with one attached hydrogen (secondary N) is 1. The van der Waals surface area contributed by atoms with E-state index in [1.165, 1.54) is 23.9 Å². The molecule has 24 heavy (non-hydrogen) atoms. The van der Waals surface area contributed by atoms with E-state index in [4.69, 9.17) is 5.14 Å². The molecule has 3 N–H and O–H groups in total. The highest BCUT2D eigenvalue weighted by Crippen LogP contribution is 2.22. The number of sulfonamides is 1. The minimum Gasteiger partial charge on any atom is -0.355 e. The van der Waals surface area contributed by atoms with Crippen LogP contribution in [0.5, 0.6) is 0 Å². The van der Waals surface area contributed by atoms with Gasteiger partial charge in [0.1, 0.15) is 0 Å². The summed E-state index contributed by atoms with van der Waals surface area (Å²) in [5.74, 6) is -0.0231. The molecule has 0 fully saturated rings. The van der Waals surface area contributed by atoms with Crippen molar-refractivity contribution in [2.24, 2.45) is 5.14 Å². The van der Waals surface area contributed by atoms with Crippen molar-refractivity contribution in [3.8, 4) is 0 Å². The molecule has 0 aliphatic heterocycles. The molecule has 0 spiro atoms. The van der Waals surface area contributed by atoms with E-state index in [-0.39, 0.29) is 16.1 Å². The van der Waals surface area contributed by atoms with E-state index in [0.29, 0.717) is 13.0 Å². The van der Waals surface area contributed by atoms with Crippen molar-refractivity contribution < 1.29 is 13.2 Å². The van der Waals surface area contributed by atoms with Gasteiger partial charge in [-0.1, -0.05) is 30.3 Å². The predicted octanol–water partition coefficient (Wildman–Crippen LogP) is 2.17. The van der Waals surface area contributed by atoms with Crippen molar-refractivity contribution in [2.45, 2.75) is 28.4 Å². The maximum atomic E-state index is 12.1. The molecule has 0 aromatic heterocycles. The number of amides is 1. The number of carbonyl (C=O) groups is 1. The summed E-state index contributed by atoms with van der Waals surface area (Å²) in [4.78, 5) is 13.2. The van der Waals surface area contributed by atoms with Gasteiger partial charge >= 0.3 is 0 Å². The zero-order chi connectivity index (χ0) is 17.6. The highest BCUT2D eigenvalue weighted by molar-refractivity contribution is 8.00. The maximum absolute atomic E-state index is 12.1. The summed E-state index contributed by atoms with van der Waals surface area (Å²) < 4.78 is 22.4. The first-order chi connectivity index (χ1) is 11.4. The Morgan fingerprint density at radius 2 is 1.75 bits per heavy atom. The van der Waals surface area contributed by atoms with Crippen molar-refractivity contribution in [3.63, 3.8) is 0 Å². The molecule has 0 bridgehead atoms. The third-order valence-corrected chi connectivity index (χ3v) is 5.43. The van der Waals surface area contributed by atoms with Gasteiger partial charge in [-0.3, -0.25) is 4.79 Å². The first-order valence-electron chi connectivity index (χ1n) is 7.47. The van der Waals surface area contributed by atoms with Crippen molar-refractivity contribution in [1.29, 1.82) is 0 Å². The van der Waals surface area contributed by atoms with Crippen LogP contribution in [0.3, 0.4) is 0 Å². The number of thioether (sulfide) groups is 1. The van der Waals surface area contributed by atoms with Gasteiger partial charge in [0.2, 0.25) is 15.9 Å². The van der Waals surface area contributed by atoms with Crippen LogP contribution in [0.2, 0.25) is 0 Å². The molecule has 128 valence electrons. The Hall–Kier alpha value is -1.83. The lowest BCUT2D eigenvalue weighted by molar-refractivity contribution is -0.120. The number of hydrogen-bond donors (Lipinski definition) is 2. The number of primary sulfonamides is 1. The van der Waals surface area contributed by atoms with Gasteiger partial charge in [0.15, 0.2) is 0 Å². The van der Waals surface area contributed by atoms with E-state index < -0.39 is 10.0 Å². The van der Waals surface area contributed by atoms with Crippen LogP contribution in [0.15, 0.2) is 64.4 Å². The Labute approximate surface area is 146 Å². The van der Waals surface area contributed by atoms with Crippen molar-refractivity contribution >= 4 is 27.7 Å². The summed E-state index contributed by atoms with van der Waals surface area (Å²) in [6.07, 6.45) is 0.624. The second kappa shape index (κ2) is 8.32. The van der Waals surface area contributed by atoms with E-state index >= 15 is 0 Å². The number of nitrogens with two attached hydrogens (primary N) is 1. The van der Waals surface area contributed by atoms with Crippen molar-refractivity contribution in [3.05, 3.63) is 60.2 Å². The fraction of sp³-hybridized carbons (Fsp3) is 0.235. The van der Waals surface area contributed by atoms with Crippen LogP contribution in [-0.2, 0) is 21.2 Å². The van der Waals surface area contributed by atoms with E-state index in [0.717, 1.165) is 10.5 Å². The summed E-state index contributed by atoms with van der Waals surface area (Å²) in [6.45, 7) is 2.36. The highest BCUT2D eigenvalue weighted by Gasteiger charge is 2.13. The zero-order valence-electron chi connectivity index (χ0n) is 13.3. The minimum atomic E-state index is -3.67. The monoisotopic (exact) mass is 364 g/mol. The standard InChI is InChI=1S/C17H20N2O3S2/c1-13(23-15-5-3-2-4-6-15)17(20)19-12-11-14-7-9-16(10-8-14)24(18,21)22/h2-10,13H,11-12H2,1H3,(H,19,20)(H2,18,21,22). The molecule has 1 atom stereocenters. The quantitative estimate of drug-likeness (QED) is 0.737. The van der Waals surface area contributed by atoms with Gasteiger partial charge in [-0.25, -0.2) is 13.6 Å². The molecule has 0 saturated heterocycles. The Morgan fingerprint density at radius 3 is 2.33 bits per heavy atom. The number of benzene rings is 2. The average Bonchev–Trinajstić information content (AvgIpc) is 2.55. The Kier molecular flexibility index (Phi) is 6.42.